The van der Waals surface area contributed by atoms with Crippen molar-refractivity contribution >= 4 is 17.0 Å². The van der Waals surface area contributed by atoms with E-state index in [2.05, 4.69) is 10.1 Å². The molecule has 7 nitrogen and oxygen atoms in total. The second-order valence-electron chi connectivity index (χ2n) is 7.77. The highest BCUT2D eigenvalue weighted by Crippen LogP contribution is 2.35. The van der Waals surface area contributed by atoms with Gasteiger partial charge in [-0.25, -0.2) is 9.37 Å². The molecule has 0 spiro atoms. The number of amides is 1. The lowest BCUT2D eigenvalue weighted by Crippen LogP contribution is -2.31. The molecule has 1 aliphatic rings. The number of benzene rings is 2. The van der Waals surface area contributed by atoms with Gasteiger partial charge in [-0.3, -0.25) is 4.79 Å². The fourth-order valence-electron chi connectivity index (χ4n) is 3.99. The van der Waals surface area contributed by atoms with Crippen molar-refractivity contribution in [1.82, 2.24) is 15.0 Å². The Bertz CT molecular complexity index is 1330. The van der Waals surface area contributed by atoms with Gasteiger partial charge in [-0.05, 0) is 50.2 Å². The van der Waals surface area contributed by atoms with Crippen LogP contribution in [0.15, 0.2) is 53.1 Å². The lowest BCUT2D eigenvalue weighted by Gasteiger charge is -2.25. The maximum absolute atomic E-state index is 13.7. The Morgan fingerprint density at radius 2 is 1.91 bits per heavy atom. The van der Waals surface area contributed by atoms with Gasteiger partial charge in [0.05, 0.1) is 22.3 Å². The van der Waals surface area contributed by atoms with Crippen LogP contribution in [0, 0.1) is 12.7 Å². The van der Waals surface area contributed by atoms with Gasteiger partial charge in [-0.15, -0.1) is 0 Å². The van der Waals surface area contributed by atoms with E-state index in [4.69, 9.17) is 14.0 Å². The number of aromatic nitrogens is 2. The number of nitrogens with zero attached hydrogens (tertiary/aromatic N) is 3. The van der Waals surface area contributed by atoms with Gasteiger partial charge in [-0.1, -0.05) is 17.3 Å². The van der Waals surface area contributed by atoms with Crippen LogP contribution in [0.5, 0.6) is 11.5 Å². The quantitative estimate of drug-likeness (QED) is 0.439. The Morgan fingerprint density at radius 1 is 1.12 bits per heavy atom. The standard InChI is InChI=1S/C25H22FN3O4/c1-3-29(14-17-5-4-6-21-23(17)32-12-11-31-21)25(30)19-13-20(16-7-9-18(26)10-8-16)27-24-22(19)15(2)28-33-24/h4-10,13H,3,11-12,14H2,1-2H3. The second kappa shape index (κ2) is 8.54. The van der Waals surface area contributed by atoms with Gasteiger partial charge in [0.15, 0.2) is 11.5 Å². The van der Waals surface area contributed by atoms with E-state index in [1.54, 1.807) is 30.0 Å². The van der Waals surface area contributed by atoms with Gasteiger partial charge in [0.25, 0.3) is 11.6 Å². The van der Waals surface area contributed by atoms with Gasteiger partial charge in [-0.2, -0.15) is 0 Å². The van der Waals surface area contributed by atoms with Crippen LogP contribution in [-0.2, 0) is 6.54 Å². The van der Waals surface area contributed by atoms with E-state index < -0.39 is 0 Å². The Kier molecular flexibility index (Phi) is 5.42. The first kappa shape index (κ1) is 20.9. The highest BCUT2D eigenvalue weighted by atomic mass is 19.1. The van der Waals surface area contributed by atoms with Crippen molar-refractivity contribution in [3.8, 4) is 22.8 Å². The van der Waals surface area contributed by atoms with E-state index in [1.165, 1.54) is 12.1 Å². The zero-order valence-corrected chi connectivity index (χ0v) is 18.3. The minimum Gasteiger partial charge on any atom is -0.486 e. The molecule has 0 fully saturated rings. The number of aryl methyl sites for hydroxylation is 1. The van der Waals surface area contributed by atoms with E-state index in [-0.39, 0.29) is 17.4 Å². The van der Waals surface area contributed by atoms with E-state index >= 15 is 0 Å². The van der Waals surface area contributed by atoms with Gasteiger partial charge >= 0.3 is 0 Å². The minimum absolute atomic E-state index is 0.186. The number of carbonyl (C=O) groups excluding carboxylic acids is 1. The molecule has 33 heavy (non-hydrogen) atoms. The lowest BCUT2D eigenvalue weighted by atomic mass is 10.0. The molecule has 8 heteroatoms. The minimum atomic E-state index is -0.346. The Balaban J connectivity index is 1.55. The van der Waals surface area contributed by atoms with Crippen molar-refractivity contribution in [2.45, 2.75) is 20.4 Å². The first-order valence-corrected chi connectivity index (χ1v) is 10.7. The average molecular weight is 447 g/mol. The van der Waals surface area contributed by atoms with Crippen molar-refractivity contribution in [1.29, 1.82) is 0 Å². The molecule has 3 heterocycles. The Morgan fingerprint density at radius 3 is 2.70 bits per heavy atom. The van der Waals surface area contributed by atoms with E-state index in [0.717, 1.165) is 5.56 Å². The highest BCUT2D eigenvalue weighted by molar-refractivity contribution is 6.07. The van der Waals surface area contributed by atoms with Crippen LogP contribution in [0.4, 0.5) is 4.39 Å². The molecule has 4 aromatic rings. The summed E-state index contributed by atoms with van der Waals surface area (Å²) >= 11 is 0. The predicted molar refractivity (Wildman–Crippen MR) is 120 cm³/mol. The second-order valence-corrected chi connectivity index (χ2v) is 7.77. The summed E-state index contributed by atoms with van der Waals surface area (Å²) in [4.78, 5) is 20.0. The number of hydrogen-bond acceptors (Lipinski definition) is 6. The van der Waals surface area contributed by atoms with Gasteiger partial charge < -0.3 is 18.9 Å². The van der Waals surface area contributed by atoms with Crippen LogP contribution in [0.3, 0.4) is 0 Å². The summed E-state index contributed by atoms with van der Waals surface area (Å²) in [6.07, 6.45) is 0. The lowest BCUT2D eigenvalue weighted by molar-refractivity contribution is 0.0751. The zero-order chi connectivity index (χ0) is 22.9. The number of rotatable bonds is 5. The summed E-state index contributed by atoms with van der Waals surface area (Å²) in [5.74, 6) is 0.820. The van der Waals surface area contributed by atoms with Crippen molar-refractivity contribution in [3.63, 3.8) is 0 Å². The molecule has 0 saturated heterocycles. The van der Waals surface area contributed by atoms with Crippen LogP contribution in [0.1, 0.15) is 28.5 Å². The van der Waals surface area contributed by atoms with E-state index in [9.17, 15) is 9.18 Å². The number of pyridine rings is 1. The molecular formula is C25H22FN3O4. The average Bonchev–Trinajstić information content (AvgIpc) is 3.22. The summed E-state index contributed by atoms with van der Waals surface area (Å²) in [6, 6.07) is 13.3. The molecule has 0 aliphatic carbocycles. The molecule has 5 rings (SSSR count). The fourth-order valence-corrected chi connectivity index (χ4v) is 3.99. The first-order chi connectivity index (χ1) is 16.0. The molecule has 0 unspecified atom stereocenters. The smallest absolute Gasteiger partial charge is 0.259 e. The number of ether oxygens (including phenoxy) is 2. The molecule has 0 bridgehead atoms. The van der Waals surface area contributed by atoms with Crippen molar-refractivity contribution < 1.29 is 23.2 Å². The maximum Gasteiger partial charge on any atom is 0.259 e. The van der Waals surface area contributed by atoms with Crippen LogP contribution < -0.4 is 9.47 Å². The van der Waals surface area contributed by atoms with Crippen molar-refractivity contribution in [2.24, 2.45) is 0 Å². The van der Waals surface area contributed by atoms with Gasteiger partial charge in [0.1, 0.15) is 19.0 Å². The summed E-state index contributed by atoms with van der Waals surface area (Å²) in [7, 11) is 0. The molecule has 2 aromatic heterocycles. The number of hydrogen-bond donors (Lipinski definition) is 0. The largest absolute Gasteiger partial charge is 0.486 e. The number of para-hydroxylation sites is 1. The van der Waals surface area contributed by atoms with Crippen LogP contribution in [0.25, 0.3) is 22.4 Å². The molecule has 1 amide bonds. The molecule has 0 atom stereocenters. The summed E-state index contributed by atoms with van der Waals surface area (Å²) in [6.45, 7) is 5.49. The van der Waals surface area contributed by atoms with Crippen LogP contribution >= 0.6 is 0 Å². The fraction of sp³-hybridized carbons (Fsp3) is 0.240. The molecule has 2 aromatic carbocycles. The maximum atomic E-state index is 13.7. The van der Waals surface area contributed by atoms with Gasteiger partial charge in [0.2, 0.25) is 0 Å². The highest BCUT2D eigenvalue weighted by Gasteiger charge is 2.25. The first-order valence-electron chi connectivity index (χ1n) is 10.7. The summed E-state index contributed by atoms with van der Waals surface area (Å²) in [5, 5.41) is 4.58. The van der Waals surface area contributed by atoms with Gasteiger partial charge in [0, 0.05) is 24.2 Å². The van der Waals surface area contributed by atoms with E-state index in [1.807, 2.05) is 25.1 Å². The third-order valence-corrected chi connectivity index (χ3v) is 5.67. The SMILES string of the molecule is CCN(Cc1cccc2c1OCCO2)C(=O)c1cc(-c2ccc(F)cc2)nc2onc(C)c12. The predicted octanol–water partition coefficient (Wildman–Crippen LogP) is 4.77. The Labute approximate surface area is 189 Å². The topological polar surface area (TPSA) is 77.7 Å². The third-order valence-electron chi connectivity index (χ3n) is 5.67. The molecule has 0 N–H and O–H groups in total. The number of halogens is 1. The zero-order valence-electron chi connectivity index (χ0n) is 18.3. The molecule has 0 radical (unpaired) electrons. The van der Waals surface area contributed by atoms with Crippen LogP contribution in [0.2, 0.25) is 0 Å². The number of fused-ring (bicyclic) bond motifs is 2. The molecular weight excluding hydrogens is 425 g/mol. The normalized spacial score (nSPS) is 12.7. The van der Waals surface area contributed by atoms with E-state index in [0.29, 0.717) is 65.7 Å². The van der Waals surface area contributed by atoms with Crippen molar-refractivity contribution in [3.05, 3.63) is 71.2 Å². The molecule has 0 saturated carbocycles. The van der Waals surface area contributed by atoms with Crippen LogP contribution in [-0.4, -0.2) is 40.7 Å². The summed E-state index contributed by atoms with van der Waals surface area (Å²) in [5.41, 5.74) is 3.33. The molecule has 168 valence electrons. The summed E-state index contributed by atoms with van der Waals surface area (Å²) < 4.78 is 30.3. The monoisotopic (exact) mass is 447 g/mol. The number of carbonyl (C=O) groups is 1. The third kappa shape index (κ3) is 3.88. The Hall–Kier alpha value is -3.94. The molecule has 1 aliphatic heterocycles. The van der Waals surface area contributed by atoms with Crippen molar-refractivity contribution in [2.75, 3.05) is 19.8 Å².